The molecule has 1 aliphatic rings. The summed E-state index contributed by atoms with van der Waals surface area (Å²) in [5, 5.41) is 14.1. The number of benzene rings is 1. The fourth-order valence-corrected chi connectivity index (χ4v) is 2.30. The number of hydrogen-bond acceptors (Lipinski definition) is 4. The molecule has 0 bridgehead atoms. The highest BCUT2D eigenvalue weighted by molar-refractivity contribution is 5.62. The maximum Gasteiger partial charge on any atom is 0.292 e. The molecule has 0 unspecified atom stereocenters. The van der Waals surface area contributed by atoms with Gasteiger partial charge in [0, 0.05) is 19.2 Å². The zero-order chi connectivity index (χ0) is 13.0. The van der Waals surface area contributed by atoms with E-state index < -0.39 is 0 Å². The van der Waals surface area contributed by atoms with Crippen LogP contribution in [0.1, 0.15) is 18.4 Å². The van der Waals surface area contributed by atoms with E-state index in [0.717, 1.165) is 31.7 Å². The topological polar surface area (TPSA) is 58.4 Å². The summed E-state index contributed by atoms with van der Waals surface area (Å²) in [7, 11) is 0. The van der Waals surface area contributed by atoms with Gasteiger partial charge in [-0.1, -0.05) is 6.07 Å². The minimum Gasteiger partial charge on any atom is -0.378 e. The summed E-state index contributed by atoms with van der Waals surface area (Å²) in [6.45, 7) is 5.87. The van der Waals surface area contributed by atoms with Crippen molar-refractivity contribution in [2.75, 3.05) is 31.5 Å². The van der Waals surface area contributed by atoms with Gasteiger partial charge in [-0.15, -0.1) is 0 Å². The molecule has 0 spiro atoms. The van der Waals surface area contributed by atoms with Crippen molar-refractivity contribution in [3.63, 3.8) is 0 Å². The van der Waals surface area contributed by atoms with Crippen molar-refractivity contribution in [1.29, 1.82) is 0 Å². The molecule has 98 valence electrons. The number of hydrogen-bond donors (Lipinski definition) is 1. The first-order valence-corrected chi connectivity index (χ1v) is 6.38. The third-order valence-electron chi connectivity index (χ3n) is 3.29. The highest BCUT2D eigenvalue weighted by Gasteiger charge is 2.14. The molecule has 0 aliphatic carbocycles. The second-order valence-corrected chi connectivity index (χ2v) is 4.75. The number of likely N-dealkylation sites (tertiary alicyclic amines) is 1. The predicted octanol–water partition coefficient (Wildman–Crippen LogP) is 2.41. The molecule has 0 saturated carbocycles. The van der Waals surface area contributed by atoms with Crippen LogP contribution in [0.25, 0.3) is 0 Å². The molecule has 0 atom stereocenters. The Balaban J connectivity index is 1.93. The number of anilines is 1. The zero-order valence-electron chi connectivity index (χ0n) is 10.7. The minimum absolute atomic E-state index is 0.163. The largest absolute Gasteiger partial charge is 0.378 e. The van der Waals surface area contributed by atoms with Crippen LogP contribution in [0.4, 0.5) is 11.4 Å². The highest BCUT2D eigenvalue weighted by atomic mass is 16.6. The maximum absolute atomic E-state index is 10.9. The van der Waals surface area contributed by atoms with Crippen LogP contribution in [0, 0.1) is 17.0 Å². The second kappa shape index (κ2) is 5.82. The highest BCUT2D eigenvalue weighted by Crippen LogP contribution is 2.25. The van der Waals surface area contributed by atoms with E-state index >= 15 is 0 Å². The van der Waals surface area contributed by atoms with Gasteiger partial charge < -0.3 is 10.2 Å². The number of nitrogens with zero attached hydrogens (tertiary/aromatic N) is 2. The smallest absolute Gasteiger partial charge is 0.292 e. The van der Waals surface area contributed by atoms with Gasteiger partial charge in [-0.2, -0.15) is 0 Å². The van der Waals surface area contributed by atoms with Crippen molar-refractivity contribution in [2.24, 2.45) is 0 Å². The second-order valence-electron chi connectivity index (χ2n) is 4.75. The summed E-state index contributed by atoms with van der Waals surface area (Å²) < 4.78 is 0. The van der Waals surface area contributed by atoms with Crippen molar-refractivity contribution >= 4 is 11.4 Å². The van der Waals surface area contributed by atoms with E-state index in [0.29, 0.717) is 5.69 Å². The van der Waals surface area contributed by atoms with Crippen LogP contribution in [0.3, 0.4) is 0 Å². The van der Waals surface area contributed by atoms with E-state index in [9.17, 15) is 10.1 Å². The van der Waals surface area contributed by atoms with Gasteiger partial charge in [-0.3, -0.25) is 10.1 Å². The van der Waals surface area contributed by atoms with Gasteiger partial charge in [0.2, 0.25) is 0 Å². The number of nitrogens with one attached hydrogen (secondary N) is 1. The molecule has 1 heterocycles. The van der Waals surface area contributed by atoms with Crippen LogP contribution in [-0.4, -0.2) is 36.0 Å². The standard InChI is InChI=1S/C13H19N3O2/c1-11-4-5-12(13(10-11)16(17)18)14-6-9-15-7-2-3-8-15/h4-5,10,14H,2-3,6-9H2,1H3. The molecule has 2 rings (SSSR count). The summed E-state index contributed by atoms with van der Waals surface area (Å²) >= 11 is 0. The molecule has 5 heteroatoms. The summed E-state index contributed by atoms with van der Waals surface area (Å²) in [5.74, 6) is 0. The first-order valence-electron chi connectivity index (χ1n) is 6.38. The molecule has 1 N–H and O–H groups in total. The minimum atomic E-state index is -0.328. The van der Waals surface area contributed by atoms with Crippen LogP contribution in [-0.2, 0) is 0 Å². The zero-order valence-corrected chi connectivity index (χ0v) is 10.7. The molecule has 1 aromatic rings. The molecule has 0 aromatic heterocycles. The lowest BCUT2D eigenvalue weighted by Gasteiger charge is -2.15. The van der Waals surface area contributed by atoms with Crippen LogP contribution in [0.15, 0.2) is 18.2 Å². The Bertz CT molecular complexity index is 428. The third-order valence-corrected chi connectivity index (χ3v) is 3.29. The predicted molar refractivity (Wildman–Crippen MR) is 72.0 cm³/mol. The molecule has 5 nitrogen and oxygen atoms in total. The maximum atomic E-state index is 10.9. The molecule has 0 radical (unpaired) electrons. The van der Waals surface area contributed by atoms with Crippen molar-refractivity contribution < 1.29 is 4.92 Å². The number of nitro groups is 1. The lowest BCUT2D eigenvalue weighted by Crippen LogP contribution is -2.26. The monoisotopic (exact) mass is 249 g/mol. The molecule has 1 aromatic carbocycles. The molecular weight excluding hydrogens is 230 g/mol. The lowest BCUT2D eigenvalue weighted by molar-refractivity contribution is -0.384. The van der Waals surface area contributed by atoms with Gasteiger partial charge in [-0.25, -0.2) is 0 Å². The SMILES string of the molecule is Cc1ccc(NCCN2CCCC2)c([N+](=O)[O-])c1. The van der Waals surface area contributed by atoms with Crippen molar-refractivity contribution in [2.45, 2.75) is 19.8 Å². The summed E-state index contributed by atoms with van der Waals surface area (Å²) in [4.78, 5) is 13.0. The normalized spacial score (nSPS) is 15.8. The summed E-state index contributed by atoms with van der Waals surface area (Å²) in [6, 6.07) is 5.29. The molecular formula is C13H19N3O2. The summed E-state index contributed by atoms with van der Waals surface area (Å²) in [5.41, 5.74) is 1.69. The van der Waals surface area contributed by atoms with Crippen LogP contribution in [0.5, 0.6) is 0 Å². The van der Waals surface area contributed by atoms with Crippen molar-refractivity contribution in [1.82, 2.24) is 4.90 Å². The fraction of sp³-hybridized carbons (Fsp3) is 0.538. The van der Waals surface area contributed by atoms with E-state index in [1.54, 1.807) is 12.1 Å². The Hall–Kier alpha value is -1.62. The van der Waals surface area contributed by atoms with Gasteiger partial charge in [-0.05, 0) is 44.5 Å². The van der Waals surface area contributed by atoms with Gasteiger partial charge in [0.05, 0.1) is 4.92 Å². The van der Waals surface area contributed by atoms with Crippen LogP contribution < -0.4 is 5.32 Å². The van der Waals surface area contributed by atoms with Gasteiger partial charge >= 0.3 is 0 Å². The Kier molecular flexibility index (Phi) is 4.15. The number of rotatable bonds is 5. The Morgan fingerprint density at radius 1 is 1.39 bits per heavy atom. The first-order chi connectivity index (χ1) is 8.66. The van der Waals surface area contributed by atoms with Crippen LogP contribution >= 0.6 is 0 Å². The molecule has 0 amide bonds. The van der Waals surface area contributed by atoms with Crippen molar-refractivity contribution in [3.8, 4) is 0 Å². The lowest BCUT2D eigenvalue weighted by atomic mass is 10.2. The molecule has 1 saturated heterocycles. The van der Waals surface area contributed by atoms with E-state index in [1.165, 1.54) is 12.8 Å². The van der Waals surface area contributed by atoms with Crippen LogP contribution in [0.2, 0.25) is 0 Å². The third kappa shape index (κ3) is 3.20. The average Bonchev–Trinajstić information content (AvgIpc) is 2.84. The molecule has 1 fully saturated rings. The quantitative estimate of drug-likeness (QED) is 0.643. The van der Waals surface area contributed by atoms with E-state index in [1.807, 2.05) is 13.0 Å². The number of nitro benzene ring substituents is 1. The van der Waals surface area contributed by atoms with E-state index in [-0.39, 0.29) is 10.6 Å². The average molecular weight is 249 g/mol. The summed E-state index contributed by atoms with van der Waals surface area (Å²) in [6.07, 6.45) is 2.54. The van der Waals surface area contributed by atoms with E-state index in [2.05, 4.69) is 10.2 Å². The van der Waals surface area contributed by atoms with Gasteiger partial charge in [0.15, 0.2) is 0 Å². The van der Waals surface area contributed by atoms with Crippen molar-refractivity contribution in [3.05, 3.63) is 33.9 Å². The van der Waals surface area contributed by atoms with E-state index in [4.69, 9.17) is 0 Å². The van der Waals surface area contributed by atoms with Gasteiger partial charge in [0.25, 0.3) is 5.69 Å². The fourth-order valence-electron chi connectivity index (χ4n) is 2.30. The Morgan fingerprint density at radius 2 is 2.11 bits per heavy atom. The molecule has 18 heavy (non-hydrogen) atoms. The Labute approximate surface area is 107 Å². The first kappa shape index (κ1) is 12.8. The number of aryl methyl sites for hydroxylation is 1. The van der Waals surface area contributed by atoms with Gasteiger partial charge in [0.1, 0.15) is 5.69 Å². The molecule has 1 aliphatic heterocycles. The Morgan fingerprint density at radius 3 is 2.78 bits per heavy atom.